The summed E-state index contributed by atoms with van der Waals surface area (Å²) in [6.45, 7) is 4.61. The minimum Gasteiger partial charge on any atom is -0.492 e. The summed E-state index contributed by atoms with van der Waals surface area (Å²) >= 11 is 0. The van der Waals surface area contributed by atoms with Crippen molar-refractivity contribution in [3.05, 3.63) is 42.4 Å². The fraction of sp³-hybridized carbons (Fsp3) is 0.409. The van der Waals surface area contributed by atoms with Crippen LogP contribution < -0.4 is 15.0 Å². The highest BCUT2D eigenvalue weighted by atomic mass is 16.5. The smallest absolute Gasteiger partial charge is 0.138 e. The Morgan fingerprint density at radius 1 is 1.21 bits per heavy atom. The fourth-order valence-electron chi connectivity index (χ4n) is 3.98. The first kappa shape index (κ1) is 18.0. The number of piperazine rings is 1. The second kappa shape index (κ2) is 7.72. The first-order valence-electron chi connectivity index (χ1n) is 10.3. The summed E-state index contributed by atoms with van der Waals surface area (Å²) in [5.74, 6) is 2.41. The molecule has 148 valence electrons. The second-order valence-electron chi connectivity index (χ2n) is 7.80. The molecule has 1 aliphatic carbocycles. The van der Waals surface area contributed by atoms with Crippen LogP contribution in [0, 0.1) is 17.2 Å². The average Bonchev–Trinajstić information content (AvgIpc) is 3.16. The number of fused-ring (bicyclic) bond motifs is 1. The lowest BCUT2D eigenvalue weighted by atomic mass is 9.86. The Morgan fingerprint density at radius 3 is 2.76 bits per heavy atom. The molecule has 0 radical (unpaired) electrons. The number of nitriles is 1. The van der Waals surface area contributed by atoms with Crippen LogP contribution in [0.4, 0.5) is 5.82 Å². The van der Waals surface area contributed by atoms with Gasteiger partial charge < -0.3 is 15.0 Å². The van der Waals surface area contributed by atoms with Crippen molar-refractivity contribution in [3.8, 4) is 22.9 Å². The normalized spacial score (nSPS) is 17.1. The number of hydrogen-bond acceptors (Lipinski definition) is 6. The Morgan fingerprint density at radius 2 is 2.07 bits per heavy atom. The molecule has 7 nitrogen and oxygen atoms in total. The minimum atomic E-state index is 0.553. The SMILES string of the molecule is N#Cc1cnn2cc(OCC3CCC3)cc(-c3ccc(N4CCNCC4)nc3)c12. The molecular formula is C22H24N6O. The largest absolute Gasteiger partial charge is 0.492 e. The molecule has 3 aromatic heterocycles. The molecule has 0 bridgehead atoms. The number of pyridine rings is 2. The zero-order chi connectivity index (χ0) is 19.6. The van der Waals surface area contributed by atoms with E-state index < -0.39 is 0 Å². The molecule has 29 heavy (non-hydrogen) atoms. The molecule has 1 saturated heterocycles. The van der Waals surface area contributed by atoms with Gasteiger partial charge in [-0.3, -0.25) is 0 Å². The number of hydrogen-bond donors (Lipinski definition) is 1. The fourth-order valence-corrected chi connectivity index (χ4v) is 3.98. The molecule has 0 unspecified atom stereocenters. The van der Waals surface area contributed by atoms with Crippen molar-refractivity contribution in [1.82, 2.24) is 19.9 Å². The highest BCUT2D eigenvalue weighted by Gasteiger charge is 2.19. The van der Waals surface area contributed by atoms with Gasteiger partial charge in [-0.25, -0.2) is 9.50 Å². The van der Waals surface area contributed by atoms with Gasteiger partial charge in [-0.1, -0.05) is 6.42 Å². The first-order valence-corrected chi connectivity index (χ1v) is 10.3. The zero-order valence-corrected chi connectivity index (χ0v) is 16.3. The van der Waals surface area contributed by atoms with Crippen LogP contribution in [-0.2, 0) is 0 Å². The molecule has 5 rings (SSSR count). The van der Waals surface area contributed by atoms with Crippen LogP contribution in [0.15, 0.2) is 36.8 Å². The average molecular weight is 388 g/mol. The van der Waals surface area contributed by atoms with Crippen molar-refractivity contribution in [2.45, 2.75) is 19.3 Å². The van der Waals surface area contributed by atoms with Gasteiger partial charge in [0.2, 0.25) is 0 Å². The van der Waals surface area contributed by atoms with Crippen molar-refractivity contribution in [3.63, 3.8) is 0 Å². The van der Waals surface area contributed by atoms with Crippen LogP contribution >= 0.6 is 0 Å². The third kappa shape index (κ3) is 3.52. The first-order chi connectivity index (χ1) is 14.3. The molecule has 2 fully saturated rings. The van der Waals surface area contributed by atoms with E-state index in [-0.39, 0.29) is 0 Å². The van der Waals surface area contributed by atoms with Crippen LogP contribution in [0.3, 0.4) is 0 Å². The maximum Gasteiger partial charge on any atom is 0.138 e. The standard InChI is InChI=1S/C22H24N6O/c23-11-18-13-26-28-14-19(29-15-16-2-1-3-16)10-20(22(18)28)17-4-5-21(25-12-17)27-8-6-24-7-9-27/h4-5,10,12-14,16,24H,1-3,6-9,15H2. The number of ether oxygens (including phenoxy) is 1. The molecular weight excluding hydrogens is 364 g/mol. The van der Waals surface area contributed by atoms with Crippen LogP contribution in [0.5, 0.6) is 5.75 Å². The summed E-state index contributed by atoms with van der Waals surface area (Å²) in [6.07, 6.45) is 9.14. The van der Waals surface area contributed by atoms with E-state index in [2.05, 4.69) is 33.5 Å². The lowest BCUT2D eigenvalue weighted by Crippen LogP contribution is -2.43. The Hall–Kier alpha value is -3.11. The van der Waals surface area contributed by atoms with Crippen molar-refractivity contribution in [2.24, 2.45) is 5.92 Å². The van der Waals surface area contributed by atoms with Gasteiger partial charge in [0.25, 0.3) is 0 Å². The summed E-state index contributed by atoms with van der Waals surface area (Å²) in [4.78, 5) is 6.98. The number of anilines is 1. The van der Waals surface area contributed by atoms with Crippen LogP contribution in [-0.4, -0.2) is 47.4 Å². The van der Waals surface area contributed by atoms with E-state index in [0.29, 0.717) is 11.5 Å². The topological polar surface area (TPSA) is 78.5 Å². The van der Waals surface area contributed by atoms with Gasteiger partial charge in [-0.2, -0.15) is 10.4 Å². The van der Waals surface area contributed by atoms with Gasteiger partial charge in [0.1, 0.15) is 17.6 Å². The van der Waals surface area contributed by atoms with Crippen molar-refractivity contribution in [1.29, 1.82) is 5.26 Å². The molecule has 2 aliphatic rings. The summed E-state index contributed by atoms with van der Waals surface area (Å²) in [7, 11) is 0. The molecule has 3 aromatic rings. The van der Waals surface area contributed by atoms with Crippen molar-refractivity contribution in [2.75, 3.05) is 37.7 Å². The monoisotopic (exact) mass is 388 g/mol. The van der Waals surface area contributed by atoms with E-state index in [9.17, 15) is 5.26 Å². The molecule has 1 N–H and O–H groups in total. The zero-order valence-electron chi connectivity index (χ0n) is 16.3. The van der Waals surface area contributed by atoms with E-state index >= 15 is 0 Å². The third-order valence-corrected chi connectivity index (χ3v) is 5.92. The number of aromatic nitrogens is 3. The lowest BCUT2D eigenvalue weighted by Gasteiger charge is -2.28. The van der Waals surface area contributed by atoms with Gasteiger partial charge >= 0.3 is 0 Å². The quantitative estimate of drug-likeness (QED) is 0.724. The van der Waals surface area contributed by atoms with Crippen LogP contribution in [0.1, 0.15) is 24.8 Å². The number of nitrogens with zero attached hydrogens (tertiary/aromatic N) is 5. The van der Waals surface area contributed by atoms with Gasteiger partial charge in [0.15, 0.2) is 0 Å². The van der Waals surface area contributed by atoms with Gasteiger partial charge in [0, 0.05) is 43.5 Å². The Bertz CT molecular complexity index is 1040. The molecule has 0 atom stereocenters. The number of nitrogens with one attached hydrogen (secondary N) is 1. The van der Waals surface area contributed by atoms with Crippen molar-refractivity contribution >= 4 is 11.3 Å². The van der Waals surface area contributed by atoms with Crippen LogP contribution in [0.25, 0.3) is 16.6 Å². The highest BCUT2D eigenvalue weighted by Crippen LogP contribution is 2.32. The second-order valence-corrected chi connectivity index (χ2v) is 7.80. The highest BCUT2D eigenvalue weighted by molar-refractivity contribution is 5.85. The predicted molar refractivity (Wildman–Crippen MR) is 111 cm³/mol. The van der Waals surface area contributed by atoms with Crippen LogP contribution in [0.2, 0.25) is 0 Å². The molecule has 0 spiro atoms. The van der Waals surface area contributed by atoms with Gasteiger partial charge in [0.05, 0.1) is 30.1 Å². The molecule has 4 heterocycles. The Balaban J connectivity index is 1.49. The predicted octanol–water partition coefficient (Wildman–Crippen LogP) is 2.86. The van der Waals surface area contributed by atoms with Gasteiger partial charge in [-0.15, -0.1) is 0 Å². The Labute approximate surface area is 169 Å². The molecule has 1 aliphatic heterocycles. The summed E-state index contributed by atoms with van der Waals surface area (Å²) < 4.78 is 7.81. The molecule has 7 heteroatoms. The molecule has 0 amide bonds. The van der Waals surface area contributed by atoms with E-state index in [1.54, 1.807) is 10.7 Å². The summed E-state index contributed by atoms with van der Waals surface area (Å²) in [5, 5.41) is 17.3. The molecule has 0 aromatic carbocycles. The van der Waals surface area contributed by atoms with Gasteiger partial charge in [-0.05, 0) is 37.0 Å². The van der Waals surface area contributed by atoms with E-state index in [1.807, 2.05) is 18.5 Å². The summed E-state index contributed by atoms with van der Waals surface area (Å²) in [5.41, 5.74) is 3.22. The van der Waals surface area contributed by atoms with E-state index in [1.165, 1.54) is 19.3 Å². The molecule has 1 saturated carbocycles. The maximum absolute atomic E-state index is 9.53. The van der Waals surface area contributed by atoms with E-state index in [4.69, 9.17) is 9.72 Å². The van der Waals surface area contributed by atoms with E-state index in [0.717, 1.165) is 61.0 Å². The maximum atomic E-state index is 9.53. The number of rotatable bonds is 5. The lowest BCUT2D eigenvalue weighted by molar-refractivity contribution is 0.180. The third-order valence-electron chi connectivity index (χ3n) is 5.92. The summed E-state index contributed by atoms with van der Waals surface area (Å²) in [6, 6.07) is 8.39. The Kier molecular flexibility index (Phi) is 4.78. The minimum absolute atomic E-state index is 0.553. The van der Waals surface area contributed by atoms with Crippen molar-refractivity contribution < 1.29 is 4.74 Å².